The molecule has 7 heteroatoms. The summed E-state index contributed by atoms with van der Waals surface area (Å²) in [5, 5.41) is 11.4. The molecule has 0 saturated heterocycles. The molecular weight excluding hydrogens is 268 g/mol. The molecule has 0 heterocycles. The molecule has 1 saturated carbocycles. The number of nitrogens with two attached hydrogens (primary N) is 1. The highest BCUT2D eigenvalue weighted by Gasteiger charge is 2.38. The second kappa shape index (κ2) is 6.85. The first kappa shape index (κ1) is 16.7. The third-order valence-corrected chi connectivity index (χ3v) is 3.71. The smallest absolute Gasteiger partial charge is 0.248 e. The van der Waals surface area contributed by atoms with Gasteiger partial charge in [-0.25, -0.2) is 8.78 Å². The van der Waals surface area contributed by atoms with Gasteiger partial charge >= 0.3 is 0 Å². The van der Waals surface area contributed by atoms with Crippen molar-refractivity contribution in [3.05, 3.63) is 0 Å². The van der Waals surface area contributed by atoms with Crippen LogP contribution in [0.3, 0.4) is 0 Å². The third kappa shape index (κ3) is 4.61. The SMILES string of the molecule is CC(C)N(CCC(N)=NO)C(=O)C1CCC(F)(F)CC1. The van der Waals surface area contributed by atoms with Crippen molar-refractivity contribution in [2.24, 2.45) is 16.8 Å². The number of hydrogen-bond acceptors (Lipinski definition) is 3. The molecule has 0 bridgehead atoms. The van der Waals surface area contributed by atoms with E-state index in [2.05, 4.69) is 5.16 Å². The number of amidine groups is 1. The molecule has 1 aliphatic carbocycles. The van der Waals surface area contributed by atoms with Crippen LogP contribution in [0, 0.1) is 5.92 Å². The van der Waals surface area contributed by atoms with Gasteiger partial charge in [-0.05, 0) is 26.7 Å². The van der Waals surface area contributed by atoms with Gasteiger partial charge in [-0.15, -0.1) is 0 Å². The van der Waals surface area contributed by atoms with Crippen LogP contribution in [0.15, 0.2) is 5.16 Å². The fraction of sp³-hybridized carbons (Fsp3) is 0.846. The normalized spacial score (nSPS) is 20.1. The quantitative estimate of drug-likeness (QED) is 0.353. The van der Waals surface area contributed by atoms with Crippen LogP contribution in [-0.4, -0.2) is 40.4 Å². The van der Waals surface area contributed by atoms with Crippen molar-refractivity contribution in [2.75, 3.05) is 6.54 Å². The standard InChI is InChI=1S/C13H23F2N3O2/c1-9(2)18(8-5-11(16)17-20)12(19)10-3-6-13(14,15)7-4-10/h9-10,20H,3-8H2,1-2H3,(H2,16,17). The second-order valence-electron chi connectivity index (χ2n) is 5.60. The minimum Gasteiger partial charge on any atom is -0.409 e. The molecule has 0 unspecified atom stereocenters. The maximum Gasteiger partial charge on any atom is 0.248 e. The van der Waals surface area contributed by atoms with Gasteiger partial charge in [-0.2, -0.15) is 0 Å². The second-order valence-corrected chi connectivity index (χ2v) is 5.60. The molecule has 0 radical (unpaired) electrons. The van der Waals surface area contributed by atoms with E-state index in [9.17, 15) is 13.6 Å². The molecular formula is C13H23F2N3O2. The zero-order chi connectivity index (χ0) is 15.3. The zero-order valence-corrected chi connectivity index (χ0v) is 12.0. The summed E-state index contributed by atoms with van der Waals surface area (Å²) in [6.45, 7) is 4.06. The van der Waals surface area contributed by atoms with Gasteiger partial charge in [0.25, 0.3) is 0 Å². The van der Waals surface area contributed by atoms with Gasteiger partial charge in [0.1, 0.15) is 5.84 Å². The van der Waals surface area contributed by atoms with E-state index in [1.54, 1.807) is 4.90 Å². The average molecular weight is 291 g/mol. The lowest BCUT2D eigenvalue weighted by Crippen LogP contribution is -2.44. The van der Waals surface area contributed by atoms with Gasteiger partial charge in [0, 0.05) is 37.8 Å². The topological polar surface area (TPSA) is 78.9 Å². The van der Waals surface area contributed by atoms with E-state index in [-0.39, 0.29) is 55.8 Å². The van der Waals surface area contributed by atoms with Crippen molar-refractivity contribution >= 4 is 11.7 Å². The predicted octanol–water partition coefficient (Wildman–Crippen LogP) is 2.19. The number of hydrogen-bond donors (Lipinski definition) is 2. The summed E-state index contributed by atoms with van der Waals surface area (Å²) in [4.78, 5) is 14.0. The average Bonchev–Trinajstić information content (AvgIpc) is 2.37. The number of alkyl halides is 2. The van der Waals surface area contributed by atoms with Crippen LogP contribution in [0.4, 0.5) is 8.78 Å². The number of halogens is 2. The Morgan fingerprint density at radius 3 is 2.45 bits per heavy atom. The lowest BCUT2D eigenvalue weighted by atomic mass is 9.85. The van der Waals surface area contributed by atoms with E-state index in [1.165, 1.54) is 0 Å². The van der Waals surface area contributed by atoms with Crippen molar-refractivity contribution in [1.29, 1.82) is 0 Å². The van der Waals surface area contributed by atoms with Crippen LogP contribution in [0.1, 0.15) is 46.0 Å². The molecule has 116 valence electrons. The number of amides is 1. The Balaban J connectivity index is 2.61. The van der Waals surface area contributed by atoms with Crippen molar-refractivity contribution in [3.8, 4) is 0 Å². The first-order valence-corrected chi connectivity index (χ1v) is 6.91. The minimum atomic E-state index is -2.63. The van der Waals surface area contributed by atoms with Gasteiger partial charge < -0.3 is 15.8 Å². The molecule has 20 heavy (non-hydrogen) atoms. The van der Waals surface area contributed by atoms with Crippen molar-refractivity contribution in [1.82, 2.24) is 4.90 Å². The lowest BCUT2D eigenvalue weighted by Gasteiger charge is -2.34. The number of rotatable bonds is 5. The highest BCUT2D eigenvalue weighted by molar-refractivity contribution is 5.82. The summed E-state index contributed by atoms with van der Waals surface area (Å²) in [5.41, 5.74) is 5.40. The lowest BCUT2D eigenvalue weighted by molar-refractivity contribution is -0.141. The summed E-state index contributed by atoms with van der Waals surface area (Å²) in [6.07, 6.45) is 0.256. The van der Waals surface area contributed by atoms with E-state index in [0.717, 1.165) is 0 Å². The molecule has 0 aromatic carbocycles. The Morgan fingerprint density at radius 1 is 1.45 bits per heavy atom. The maximum atomic E-state index is 13.1. The predicted molar refractivity (Wildman–Crippen MR) is 71.8 cm³/mol. The van der Waals surface area contributed by atoms with Crippen LogP contribution in [-0.2, 0) is 4.79 Å². The van der Waals surface area contributed by atoms with Crippen LogP contribution in [0.25, 0.3) is 0 Å². The fourth-order valence-corrected chi connectivity index (χ4v) is 2.43. The number of nitrogens with zero attached hydrogens (tertiary/aromatic N) is 2. The minimum absolute atomic E-state index is 0.0450. The first-order valence-electron chi connectivity index (χ1n) is 6.91. The Hall–Kier alpha value is -1.40. The zero-order valence-electron chi connectivity index (χ0n) is 12.0. The van der Waals surface area contributed by atoms with Gasteiger partial charge in [-0.1, -0.05) is 5.16 Å². The number of oxime groups is 1. The van der Waals surface area contributed by atoms with E-state index in [0.29, 0.717) is 6.54 Å². The maximum absolute atomic E-state index is 13.1. The van der Waals surface area contributed by atoms with E-state index in [4.69, 9.17) is 10.9 Å². The Kier molecular flexibility index (Phi) is 5.71. The highest BCUT2D eigenvalue weighted by atomic mass is 19.3. The first-order chi connectivity index (χ1) is 9.26. The molecule has 5 nitrogen and oxygen atoms in total. The van der Waals surface area contributed by atoms with Gasteiger partial charge in [0.15, 0.2) is 0 Å². The van der Waals surface area contributed by atoms with E-state index in [1.807, 2.05) is 13.8 Å². The van der Waals surface area contributed by atoms with E-state index >= 15 is 0 Å². The molecule has 0 aromatic heterocycles. The molecule has 1 fully saturated rings. The summed E-state index contributed by atoms with van der Waals surface area (Å²) in [7, 11) is 0. The van der Waals surface area contributed by atoms with Gasteiger partial charge in [0.2, 0.25) is 11.8 Å². The van der Waals surface area contributed by atoms with E-state index < -0.39 is 5.92 Å². The summed E-state index contributed by atoms with van der Waals surface area (Å²) in [5.74, 6) is -3.03. The highest BCUT2D eigenvalue weighted by Crippen LogP contribution is 2.37. The van der Waals surface area contributed by atoms with Crippen molar-refractivity contribution in [2.45, 2.75) is 57.9 Å². The third-order valence-electron chi connectivity index (χ3n) is 3.71. The van der Waals surface area contributed by atoms with Crippen LogP contribution in [0.5, 0.6) is 0 Å². The molecule has 1 rings (SSSR count). The molecule has 0 spiro atoms. The number of carbonyl (C=O) groups excluding carboxylic acids is 1. The van der Waals surface area contributed by atoms with Crippen LogP contribution < -0.4 is 5.73 Å². The molecule has 1 aliphatic rings. The van der Waals surface area contributed by atoms with Crippen molar-refractivity contribution in [3.63, 3.8) is 0 Å². The Labute approximate surface area is 117 Å². The van der Waals surface area contributed by atoms with Gasteiger partial charge in [0.05, 0.1) is 0 Å². The fourth-order valence-electron chi connectivity index (χ4n) is 2.43. The Bertz CT molecular complexity index is 363. The monoisotopic (exact) mass is 291 g/mol. The van der Waals surface area contributed by atoms with Gasteiger partial charge in [-0.3, -0.25) is 4.79 Å². The van der Waals surface area contributed by atoms with Crippen LogP contribution >= 0.6 is 0 Å². The summed E-state index contributed by atoms with van der Waals surface area (Å²) < 4.78 is 26.2. The largest absolute Gasteiger partial charge is 0.409 e. The summed E-state index contributed by atoms with van der Waals surface area (Å²) >= 11 is 0. The molecule has 0 aliphatic heterocycles. The molecule has 0 atom stereocenters. The van der Waals surface area contributed by atoms with Crippen molar-refractivity contribution < 1.29 is 18.8 Å². The molecule has 3 N–H and O–H groups in total. The van der Waals surface area contributed by atoms with Crippen LogP contribution in [0.2, 0.25) is 0 Å². The summed E-state index contributed by atoms with van der Waals surface area (Å²) in [6, 6.07) is -0.0450. The molecule has 1 amide bonds. The molecule has 0 aromatic rings. The number of carbonyl (C=O) groups is 1. The Morgan fingerprint density at radius 2 is 2.00 bits per heavy atom.